The van der Waals surface area contributed by atoms with Crippen LogP contribution in [0.1, 0.15) is 28.8 Å². The maximum atomic E-state index is 11.9. The fourth-order valence-corrected chi connectivity index (χ4v) is 2.71. The summed E-state index contributed by atoms with van der Waals surface area (Å²) in [6, 6.07) is 7.17. The van der Waals surface area contributed by atoms with Crippen LogP contribution in [0.4, 0.5) is 0 Å². The Morgan fingerprint density at radius 1 is 1.48 bits per heavy atom. The van der Waals surface area contributed by atoms with Crippen molar-refractivity contribution in [2.75, 3.05) is 7.11 Å². The zero-order chi connectivity index (χ0) is 15.4. The van der Waals surface area contributed by atoms with Gasteiger partial charge in [-0.05, 0) is 38.1 Å². The van der Waals surface area contributed by atoms with Gasteiger partial charge in [0.1, 0.15) is 10.8 Å². The van der Waals surface area contributed by atoms with E-state index in [9.17, 15) is 4.79 Å². The second-order valence-corrected chi connectivity index (χ2v) is 5.33. The third-order valence-electron chi connectivity index (χ3n) is 2.89. The first-order valence-corrected chi connectivity index (χ1v) is 7.16. The van der Waals surface area contributed by atoms with E-state index in [4.69, 9.17) is 10.00 Å². The molecule has 0 fully saturated rings. The number of carbonyl (C=O) groups excluding carboxylic acids is 1. The fraction of sp³-hybridized carbons (Fsp3) is 0.188. The summed E-state index contributed by atoms with van der Waals surface area (Å²) >= 11 is 1.43. The molecule has 0 amide bonds. The van der Waals surface area contributed by atoms with Crippen LogP contribution in [0.5, 0.6) is 5.75 Å². The summed E-state index contributed by atoms with van der Waals surface area (Å²) in [6.45, 7) is 3.40. The van der Waals surface area contributed by atoms with E-state index in [0.29, 0.717) is 21.9 Å². The van der Waals surface area contributed by atoms with Crippen molar-refractivity contribution in [1.82, 2.24) is 4.98 Å². The summed E-state index contributed by atoms with van der Waals surface area (Å²) in [5.74, 6) is 0.497. The van der Waals surface area contributed by atoms with E-state index in [0.717, 1.165) is 11.3 Å². The van der Waals surface area contributed by atoms with Crippen LogP contribution in [0.25, 0.3) is 11.6 Å². The molecule has 0 N–H and O–H groups in total. The Labute approximate surface area is 127 Å². The van der Waals surface area contributed by atoms with E-state index in [1.807, 2.05) is 12.3 Å². The molecule has 21 heavy (non-hydrogen) atoms. The Morgan fingerprint density at radius 3 is 2.76 bits per heavy atom. The van der Waals surface area contributed by atoms with Crippen molar-refractivity contribution < 1.29 is 9.53 Å². The van der Waals surface area contributed by atoms with Gasteiger partial charge in [-0.1, -0.05) is 0 Å². The first kappa shape index (κ1) is 14.9. The van der Waals surface area contributed by atoms with Crippen LogP contribution in [0.3, 0.4) is 0 Å². The lowest BCUT2D eigenvalue weighted by Crippen LogP contribution is -1.97. The number of benzene rings is 1. The van der Waals surface area contributed by atoms with Crippen molar-refractivity contribution in [3.05, 3.63) is 45.4 Å². The molecule has 1 heterocycles. The van der Waals surface area contributed by atoms with Gasteiger partial charge in [0.15, 0.2) is 5.78 Å². The molecule has 1 aromatic heterocycles. The lowest BCUT2D eigenvalue weighted by molar-refractivity contribution is -0.111. The number of rotatable bonds is 4. The quantitative estimate of drug-likeness (QED) is 0.811. The molecular formula is C16H14N2O2S. The van der Waals surface area contributed by atoms with E-state index < -0.39 is 0 Å². The first-order chi connectivity index (χ1) is 10.0. The normalized spacial score (nSPS) is 11.0. The number of nitriles is 1. The minimum atomic E-state index is -0.0595. The van der Waals surface area contributed by atoms with Crippen molar-refractivity contribution in [2.24, 2.45) is 0 Å². The van der Waals surface area contributed by atoms with Gasteiger partial charge in [-0.3, -0.25) is 4.79 Å². The van der Waals surface area contributed by atoms with Gasteiger partial charge in [0.2, 0.25) is 0 Å². The molecule has 0 unspecified atom stereocenters. The Hall–Kier alpha value is -2.45. The lowest BCUT2D eigenvalue weighted by Gasteiger charge is -2.06. The second kappa shape index (κ2) is 6.33. The first-order valence-electron chi connectivity index (χ1n) is 6.28. The molecule has 0 saturated heterocycles. The van der Waals surface area contributed by atoms with Crippen LogP contribution in [-0.4, -0.2) is 17.9 Å². The SMILES string of the molecule is COc1cc(C#N)ccc1/C=C(\C(C)=O)c1nc(C)cs1. The Kier molecular flexibility index (Phi) is 4.51. The number of carbonyl (C=O) groups is 1. The van der Waals surface area contributed by atoms with Crippen LogP contribution < -0.4 is 4.74 Å². The molecule has 0 aliphatic carbocycles. The largest absolute Gasteiger partial charge is 0.496 e. The van der Waals surface area contributed by atoms with Crippen molar-refractivity contribution in [1.29, 1.82) is 5.26 Å². The topological polar surface area (TPSA) is 63.0 Å². The average Bonchev–Trinajstić information content (AvgIpc) is 2.90. The van der Waals surface area contributed by atoms with Crippen LogP contribution in [-0.2, 0) is 4.79 Å². The highest BCUT2D eigenvalue weighted by Gasteiger charge is 2.13. The van der Waals surface area contributed by atoms with Gasteiger partial charge in [0.05, 0.1) is 24.3 Å². The number of Topliss-reactive ketones (excluding diaryl/α,β-unsaturated/α-hetero) is 1. The number of thiazole rings is 1. The molecule has 0 radical (unpaired) electrons. The molecule has 106 valence electrons. The molecule has 0 aliphatic heterocycles. The summed E-state index contributed by atoms with van der Waals surface area (Å²) in [4.78, 5) is 16.2. The van der Waals surface area contributed by atoms with Crippen molar-refractivity contribution in [3.63, 3.8) is 0 Å². The van der Waals surface area contributed by atoms with Gasteiger partial charge < -0.3 is 4.74 Å². The summed E-state index contributed by atoms with van der Waals surface area (Å²) < 4.78 is 5.29. The minimum Gasteiger partial charge on any atom is -0.496 e. The Bertz CT molecular complexity index is 754. The van der Waals surface area contributed by atoms with Crippen LogP contribution in [0.2, 0.25) is 0 Å². The number of methoxy groups -OCH3 is 1. The van der Waals surface area contributed by atoms with Gasteiger partial charge in [-0.2, -0.15) is 5.26 Å². The van der Waals surface area contributed by atoms with Gasteiger partial charge in [0.25, 0.3) is 0 Å². The number of allylic oxidation sites excluding steroid dienone is 1. The fourth-order valence-electron chi connectivity index (χ4n) is 1.85. The molecule has 0 saturated carbocycles. The van der Waals surface area contributed by atoms with Crippen LogP contribution >= 0.6 is 11.3 Å². The molecule has 4 nitrogen and oxygen atoms in total. The number of aromatic nitrogens is 1. The average molecular weight is 298 g/mol. The Morgan fingerprint density at radius 2 is 2.24 bits per heavy atom. The third-order valence-corrected chi connectivity index (χ3v) is 3.88. The zero-order valence-electron chi connectivity index (χ0n) is 12.0. The lowest BCUT2D eigenvalue weighted by atomic mass is 10.1. The smallest absolute Gasteiger partial charge is 0.162 e. The van der Waals surface area contributed by atoms with E-state index in [-0.39, 0.29) is 5.78 Å². The van der Waals surface area contributed by atoms with Gasteiger partial charge >= 0.3 is 0 Å². The molecule has 2 aromatic rings. The van der Waals surface area contributed by atoms with Gasteiger partial charge in [-0.25, -0.2) is 4.98 Å². The zero-order valence-corrected chi connectivity index (χ0v) is 12.8. The third kappa shape index (κ3) is 3.36. The summed E-state index contributed by atoms with van der Waals surface area (Å²) in [5.41, 5.74) is 2.68. The number of ketones is 1. The molecular weight excluding hydrogens is 284 g/mol. The highest BCUT2D eigenvalue weighted by molar-refractivity contribution is 7.11. The van der Waals surface area contributed by atoms with E-state index in [2.05, 4.69) is 11.1 Å². The van der Waals surface area contributed by atoms with Crippen LogP contribution in [0, 0.1) is 18.3 Å². The van der Waals surface area contributed by atoms with E-state index >= 15 is 0 Å². The van der Waals surface area contributed by atoms with Gasteiger partial charge in [-0.15, -0.1) is 11.3 Å². The molecule has 0 aliphatic rings. The number of aryl methyl sites for hydroxylation is 1. The molecule has 2 rings (SSSR count). The highest BCUT2D eigenvalue weighted by atomic mass is 32.1. The van der Waals surface area contributed by atoms with Crippen molar-refractivity contribution in [3.8, 4) is 11.8 Å². The van der Waals surface area contributed by atoms with Gasteiger partial charge in [0, 0.05) is 16.6 Å². The molecule has 0 atom stereocenters. The summed E-state index contributed by atoms with van der Waals surface area (Å²) in [5, 5.41) is 11.5. The maximum Gasteiger partial charge on any atom is 0.162 e. The van der Waals surface area contributed by atoms with E-state index in [1.54, 1.807) is 24.3 Å². The summed E-state index contributed by atoms with van der Waals surface area (Å²) in [7, 11) is 1.54. The molecule has 0 bridgehead atoms. The number of ether oxygens (including phenoxy) is 1. The number of hydrogen-bond acceptors (Lipinski definition) is 5. The monoisotopic (exact) mass is 298 g/mol. The standard InChI is InChI=1S/C16H14N2O2S/c1-10-9-21-16(18-10)14(11(2)19)7-13-5-4-12(8-17)6-15(13)20-3/h4-7,9H,1-3H3/b14-7+. The van der Waals surface area contributed by atoms with E-state index in [1.165, 1.54) is 25.4 Å². The van der Waals surface area contributed by atoms with Crippen molar-refractivity contribution in [2.45, 2.75) is 13.8 Å². The number of hydrogen-bond donors (Lipinski definition) is 0. The second-order valence-electron chi connectivity index (χ2n) is 4.48. The summed E-state index contributed by atoms with van der Waals surface area (Å²) in [6.07, 6.45) is 1.75. The molecule has 0 spiro atoms. The molecule has 5 heteroatoms. The maximum absolute atomic E-state index is 11.9. The predicted octanol–water partition coefficient (Wildman–Crippen LogP) is 3.46. The minimum absolute atomic E-state index is 0.0595. The Balaban J connectivity index is 2.53. The number of nitrogens with zero attached hydrogens (tertiary/aromatic N) is 2. The molecule has 1 aromatic carbocycles. The predicted molar refractivity (Wildman–Crippen MR) is 83.1 cm³/mol. The van der Waals surface area contributed by atoms with Crippen LogP contribution in [0.15, 0.2) is 23.6 Å². The van der Waals surface area contributed by atoms with Crippen molar-refractivity contribution >= 4 is 28.8 Å². The highest BCUT2D eigenvalue weighted by Crippen LogP contribution is 2.27.